The van der Waals surface area contributed by atoms with Gasteiger partial charge < -0.3 is 10.6 Å². The van der Waals surface area contributed by atoms with Crippen LogP contribution in [0.25, 0.3) is 0 Å². The van der Waals surface area contributed by atoms with Crippen LogP contribution >= 0.6 is 27.3 Å². The molecule has 0 spiro atoms. The van der Waals surface area contributed by atoms with Gasteiger partial charge in [-0.25, -0.2) is 9.37 Å². The van der Waals surface area contributed by atoms with Crippen molar-refractivity contribution < 1.29 is 9.18 Å². The van der Waals surface area contributed by atoms with Crippen molar-refractivity contribution in [1.82, 2.24) is 4.98 Å². The van der Waals surface area contributed by atoms with E-state index in [0.717, 1.165) is 10.7 Å². The smallest absolute Gasteiger partial charge is 0.253 e. The first-order valence-corrected chi connectivity index (χ1v) is 7.46. The van der Waals surface area contributed by atoms with E-state index in [0.29, 0.717) is 16.7 Å². The van der Waals surface area contributed by atoms with E-state index in [9.17, 15) is 9.18 Å². The van der Waals surface area contributed by atoms with E-state index < -0.39 is 11.7 Å². The Morgan fingerprint density at radius 1 is 1.55 bits per heavy atom. The van der Waals surface area contributed by atoms with Crippen molar-refractivity contribution in [3.05, 3.63) is 44.1 Å². The third-order valence-electron chi connectivity index (χ3n) is 2.76. The number of amides is 1. The zero-order valence-electron chi connectivity index (χ0n) is 11.0. The number of halogens is 2. The van der Waals surface area contributed by atoms with Crippen molar-refractivity contribution in [1.29, 1.82) is 0 Å². The molecule has 0 unspecified atom stereocenters. The van der Waals surface area contributed by atoms with Gasteiger partial charge >= 0.3 is 0 Å². The quantitative estimate of drug-likeness (QED) is 0.914. The van der Waals surface area contributed by atoms with Crippen molar-refractivity contribution in [2.24, 2.45) is 5.73 Å². The highest BCUT2D eigenvalue weighted by molar-refractivity contribution is 9.10. The van der Waals surface area contributed by atoms with E-state index in [1.807, 2.05) is 12.3 Å². The van der Waals surface area contributed by atoms with Crippen LogP contribution in [0.5, 0.6) is 0 Å². The molecule has 0 radical (unpaired) electrons. The molecule has 0 aliphatic heterocycles. The molecule has 1 amide bonds. The van der Waals surface area contributed by atoms with Gasteiger partial charge in [0.2, 0.25) is 0 Å². The Balaban J connectivity index is 2.38. The van der Waals surface area contributed by atoms with Gasteiger partial charge in [-0.15, -0.1) is 11.3 Å². The highest BCUT2D eigenvalue weighted by atomic mass is 79.9. The van der Waals surface area contributed by atoms with Gasteiger partial charge in [0, 0.05) is 16.9 Å². The molecule has 2 aromatic rings. The maximum atomic E-state index is 13.9. The number of primary amides is 1. The van der Waals surface area contributed by atoms with Crippen molar-refractivity contribution in [3.63, 3.8) is 0 Å². The third-order valence-corrected chi connectivity index (χ3v) is 4.04. The van der Waals surface area contributed by atoms with Crippen LogP contribution in [0.4, 0.5) is 10.1 Å². The fraction of sp³-hybridized carbons (Fsp3) is 0.231. The molecular weight excluding hydrogens is 345 g/mol. The van der Waals surface area contributed by atoms with Crippen LogP contribution in [-0.4, -0.2) is 17.9 Å². The SMILES string of the molecule is Cc1nc(CN(C)c2cc(Br)cc(F)c2C(N)=O)cs1. The maximum Gasteiger partial charge on any atom is 0.253 e. The Bertz CT molecular complexity index is 659. The lowest BCUT2D eigenvalue weighted by Crippen LogP contribution is -2.23. The van der Waals surface area contributed by atoms with Gasteiger partial charge in [-0.3, -0.25) is 4.79 Å². The highest BCUT2D eigenvalue weighted by Gasteiger charge is 2.19. The van der Waals surface area contributed by atoms with E-state index in [1.54, 1.807) is 29.4 Å². The van der Waals surface area contributed by atoms with Crippen LogP contribution in [0.15, 0.2) is 22.0 Å². The molecular formula is C13H13BrFN3OS. The number of rotatable bonds is 4. The number of benzene rings is 1. The summed E-state index contributed by atoms with van der Waals surface area (Å²) in [6.45, 7) is 2.39. The molecule has 20 heavy (non-hydrogen) atoms. The zero-order valence-corrected chi connectivity index (χ0v) is 13.4. The molecule has 4 nitrogen and oxygen atoms in total. The second-order valence-electron chi connectivity index (χ2n) is 4.36. The van der Waals surface area contributed by atoms with Gasteiger partial charge in [0.1, 0.15) is 5.82 Å². The molecule has 0 atom stereocenters. The molecule has 7 heteroatoms. The number of nitrogens with zero attached hydrogens (tertiary/aromatic N) is 2. The normalized spacial score (nSPS) is 10.6. The van der Waals surface area contributed by atoms with Crippen LogP contribution in [0.3, 0.4) is 0 Å². The summed E-state index contributed by atoms with van der Waals surface area (Å²) in [7, 11) is 1.77. The molecule has 2 rings (SSSR count). The first kappa shape index (κ1) is 14.9. The summed E-state index contributed by atoms with van der Waals surface area (Å²) in [5.74, 6) is -1.42. The van der Waals surface area contributed by atoms with Gasteiger partial charge in [0.15, 0.2) is 0 Å². The van der Waals surface area contributed by atoms with E-state index >= 15 is 0 Å². The molecule has 0 fully saturated rings. The molecule has 1 aromatic heterocycles. The highest BCUT2D eigenvalue weighted by Crippen LogP contribution is 2.28. The average Bonchev–Trinajstić information content (AvgIpc) is 2.72. The number of aromatic nitrogens is 1. The third kappa shape index (κ3) is 3.16. The first-order valence-electron chi connectivity index (χ1n) is 5.79. The molecule has 0 saturated carbocycles. The summed E-state index contributed by atoms with van der Waals surface area (Å²) in [5.41, 5.74) is 6.46. The summed E-state index contributed by atoms with van der Waals surface area (Å²) in [5, 5.41) is 2.90. The van der Waals surface area contributed by atoms with Gasteiger partial charge in [0.25, 0.3) is 5.91 Å². The minimum atomic E-state index is -0.786. The zero-order chi connectivity index (χ0) is 14.9. The summed E-state index contributed by atoms with van der Waals surface area (Å²) in [6, 6.07) is 2.90. The summed E-state index contributed by atoms with van der Waals surface area (Å²) in [6.07, 6.45) is 0. The Morgan fingerprint density at radius 3 is 2.80 bits per heavy atom. The van der Waals surface area contributed by atoms with Crippen LogP contribution in [-0.2, 0) is 6.54 Å². The molecule has 0 aliphatic rings. The molecule has 106 valence electrons. The second kappa shape index (κ2) is 5.88. The lowest BCUT2D eigenvalue weighted by atomic mass is 10.1. The van der Waals surface area contributed by atoms with E-state index in [-0.39, 0.29) is 5.56 Å². The minimum Gasteiger partial charge on any atom is -0.368 e. The van der Waals surface area contributed by atoms with Crippen LogP contribution in [0.1, 0.15) is 21.1 Å². The minimum absolute atomic E-state index is 0.109. The molecule has 1 heterocycles. The molecule has 0 bridgehead atoms. The number of aryl methyl sites for hydroxylation is 1. The Kier molecular flexibility index (Phi) is 4.39. The van der Waals surface area contributed by atoms with Crippen molar-refractivity contribution in [2.75, 3.05) is 11.9 Å². The van der Waals surface area contributed by atoms with Gasteiger partial charge in [-0.2, -0.15) is 0 Å². The van der Waals surface area contributed by atoms with Gasteiger partial charge in [0.05, 0.1) is 28.5 Å². The fourth-order valence-electron chi connectivity index (χ4n) is 1.91. The van der Waals surface area contributed by atoms with E-state index in [2.05, 4.69) is 20.9 Å². The largest absolute Gasteiger partial charge is 0.368 e. The number of carbonyl (C=O) groups excluding carboxylic acids is 1. The summed E-state index contributed by atoms with van der Waals surface area (Å²) < 4.78 is 14.4. The number of nitrogens with two attached hydrogens (primary N) is 1. The predicted octanol–water partition coefficient (Wildman–Crippen LogP) is 3.09. The van der Waals surface area contributed by atoms with E-state index in [1.165, 1.54) is 6.07 Å². The summed E-state index contributed by atoms with van der Waals surface area (Å²) >= 11 is 4.77. The number of thiazole rings is 1. The van der Waals surface area contributed by atoms with E-state index in [4.69, 9.17) is 5.73 Å². The lowest BCUT2D eigenvalue weighted by Gasteiger charge is -2.21. The Hall–Kier alpha value is -1.47. The Labute approximate surface area is 128 Å². The number of carbonyl (C=O) groups is 1. The maximum absolute atomic E-state index is 13.9. The van der Waals surface area contributed by atoms with Crippen molar-refractivity contribution in [2.45, 2.75) is 13.5 Å². The monoisotopic (exact) mass is 357 g/mol. The van der Waals surface area contributed by atoms with Crippen molar-refractivity contribution in [3.8, 4) is 0 Å². The first-order chi connectivity index (χ1) is 9.38. The molecule has 0 aliphatic carbocycles. The topological polar surface area (TPSA) is 59.2 Å². The fourth-order valence-corrected chi connectivity index (χ4v) is 2.94. The molecule has 1 aromatic carbocycles. The second-order valence-corrected chi connectivity index (χ2v) is 6.34. The van der Waals surface area contributed by atoms with Crippen LogP contribution in [0.2, 0.25) is 0 Å². The van der Waals surface area contributed by atoms with Crippen molar-refractivity contribution >= 4 is 38.9 Å². The predicted molar refractivity (Wildman–Crippen MR) is 81.6 cm³/mol. The Morgan fingerprint density at radius 2 is 2.25 bits per heavy atom. The van der Waals surface area contributed by atoms with Crippen LogP contribution in [0, 0.1) is 12.7 Å². The lowest BCUT2D eigenvalue weighted by molar-refractivity contribution is 0.0997. The van der Waals surface area contributed by atoms with Gasteiger partial charge in [-0.1, -0.05) is 15.9 Å². The molecule has 0 saturated heterocycles. The number of anilines is 1. The average molecular weight is 358 g/mol. The molecule has 2 N–H and O–H groups in total. The standard InChI is InChI=1S/C13H13BrFN3OS/c1-7-17-9(6-20-7)5-18(2)11-4-8(14)3-10(15)12(11)13(16)19/h3-4,6H,5H2,1-2H3,(H2,16,19). The number of hydrogen-bond donors (Lipinski definition) is 1. The number of hydrogen-bond acceptors (Lipinski definition) is 4. The van der Waals surface area contributed by atoms with Crippen LogP contribution < -0.4 is 10.6 Å². The summed E-state index contributed by atoms with van der Waals surface area (Å²) in [4.78, 5) is 17.5. The van der Waals surface area contributed by atoms with Gasteiger partial charge in [-0.05, 0) is 19.1 Å².